The van der Waals surface area contributed by atoms with E-state index in [9.17, 15) is 13.9 Å². The SMILES string of the molecule is N#Cc1ccc(N(Cc2ccc(O)c(F)c2F)n2cnnc2)cc1. The first kappa shape index (κ1) is 15.4. The van der Waals surface area contributed by atoms with Crippen LogP contribution >= 0.6 is 0 Å². The second kappa shape index (κ2) is 6.34. The maximum Gasteiger partial charge on any atom is 0.200 e. The molecule has 0 aliphatic rings. The number of aromatic hydroxyl groups is 1. The molecule has 1 N–H and O–H groups in total. The van der Waals surface area contributed by atoms with Crippen molar-refractivity contribution in [2.24, 2.45) is 0 Å². The number of hydrogen-bond donors (Lipinski definition) is 1. The van der Waals surface area contributed by atoms with E-state index in [1.165, 1.54) is 23.4 Å². The minimum Gasteiger partial charge on any atom is -0.505 e. The lowest BCUT2D eigenvalue weighted by Crippen LogP contribution is -2.28. The summed E-state index contributed by atoms with van der Waals surface area (Å²) in [7, 11) is 0. The third-order valence-corrected chi connectivity index (χ3v) is 3.44. The minimum absolute atomic E-state index is 0.0347. The summed E-state index contributed by atoms with van der Waals surface area (Å²) < 4.78 is 29.1. The molecule has 0 unspecified atom stereocenters. The number of phenolic OH excluding ortho intramolecular Hbond substituents is 1. The molecule has 0 aliphatic carbocycles. The molecule has 120 valence electrons. The lowest BCUT2D eigenvalue weighted by atomic mass is 10.1. The topological polar surface area (TPSA) is 78.0 Å². The molecule has 0 aliphatic heterocycles. The number of phenols is 1. The van der Waals surface area contributed by atoms with Gasteiger partial charge in [-0.25, -0.2) is 9.07 Å². The molecular weight excluding hydrogens is 316 g/mol. The van der Waals surface area contributed by atoms with Gasteiger partial charge in [-0.3, -0.25) is 5.01 Å². The van der Waals surface area contributed by atoms with Crippen LogP contribution in [0.15, 0.2) is 49.1 Å². The molecule has 3 rings (SSSR count). The fourth-order valence-corrected chi connectivity index (χ4v) is 2.20. The number of nitriles is 1. The van der Waals surface area contributed by atoms with Gasteiger partial charge >= 0.3 is 0 Å². The third-order valence-electron chi connectivity index (χ3n) is 3.44. The lowest BCUT2D eigenvalue weighted by Gasteiger charge is -2.25. The first-order valence-corrected chi connectivity index (χ1v) is 6.88. The second-order valence-corrected chi connectivity index (χ2v) is 4.93. The van der Waals surface area contributed by atoms with Crippen molar-refractivity contribution >= 4 is 5.69 Å². The molecule has 0 bridgehead atoms. The molecule has 3 aromatic rings. The summed E-state index contributed by atoms with van der Waals surface area (Å²) in [5.41, 5.74) is 1.15. The molecule has 1 heterocycles. The summed E-state index contributed by atoms with van der Waals surface area (Å²) in [4.78, 5) is 0. The van der Waals surface area contributed by atoms with Crippen molar-refractivity contribution in [2.45, 2.75) is 6.54 Å². The van der Waals surface area contributed by atoms with E-state index in [1.54, 1.807) is 29.3 Å². The van der Waals surface area contributed by atoms with Gasteiger partial charge in [-0.05, 0) is 30.3 Å². The Bertz CT molecular complexity index is 888. The summed E-state index contributed by atoms with van der Waals surface area (Å²) in [6.07, 6.45) is 2.82. The van der Waals surface area contributed by atoms with E-state index in [0.717, 1.165) is 6.07 Å². The molecule has 24 heavy (non-hydrogen) atoms. The zero-order valence-corrected chi connectivity index (χ0v) is 12.3. The number of nitrogens with zero attached hydrogens (tertiary/aromatic N) is 5. The van der Waals surface area contributed by atoms with Crippen molar-refractivity contribution in [1.82, 2.24) is 14.9 Å². The highest BCUT2D eigenvalue weighted by Gasteiger charge is 2.17. The van der Waals surface area contributed by atoms with Crippen LogP contribution in [0, 0.1) is 23.0 Å². The summed E-state index contributed by atoms with van der Waals surface area (Å²) in [5.74, 6) is -3.16. The third kappa shape index (κ3) is 2.87. The molecule has 8 heteroatoms. The normalized spacial score (nSPS) is 10.4. The van der Waals surface area contributed by atoms with Crippen LogP contribution in [0.3, 0.4) is 0 Å². The van der Waals surface area contributed by atoms with Gasteiger partial charge in [0.15, 0.2) is 11.6 Å². The summed E-state index contributed by atoms with van der Waals surface area (Å²) in [6.45, 7) is -0.0347. The van der Waals surface area contributed by atoms with Gasteiger partial charge in [0.25, 0.3) is 0 Å². The average molecular weight is 327 g/mol. The maximum absolute atomic E-state index is 14.1. The van der Waals surface area contributed by atoms with Gasteiger partial charge in [0.05, 0.1) is 23.9 Å². The van der Waals surface area contributed by atoms with E-state index in [2.05, 4.69) is 10.2 Å². The Morgan fingerprint density at radius 3 is 2.33 bits per heavy atom. The lowest BCUT2D eigenvalue weighted by molar-refractivity contribution is 0.403. The summed E-state index contributed by atoms with van der Waals surface area (Å²) in [6, 6.07) is 11.0. The average Bonchev–Trinajstić information content (AvgIpc) is 3.14. The monoisotopic (exact) mass is 327 g/mol. The fourth-order valence-electron chi connectivity index (χ4n) is 2.20. The van der Waals surface area contributed by atoms with Gasteiger partial charge < -0.3 is 5.11 Å². The number of anilines is 1. The van der Waals surface area contributed by atoms with Crippen LogP contribution in [0.1, 0.15) is 11.1 Å². The summed E-state index contributed by atoms with van der Waals surface area (Å²) >= 11 is 0. The number of aromatic nitrogens is 3. The highest BCUT2D eigenvalue weighted by molar-refractivity contribution is 5.50. The molecule has 0 fully saturated rings. The Hall–Kier alpha value is -3.47. The number of hydrogen-bond acceptors (Lipinski definition) is 5. The van der Waals surface area contributed by atoms with Crippen LogP contribution in [0.5, 0.6) is 5.75 Å². The highest BCUT2D eigenvalue weighted by Crippen LogP contribution is 2.25. The van der Waals surface area contributed by atoms with Gasteiger partial charge in [-0.1, -0.05) is 6.07 Å². The van der Waals surface area contributed by atoms with Crippen molar-refractivity contribution < 1.29 is 13.9 Å². The summed E-state index contributed by atoms with van der Waals surface area (Å²) in [5, 5.41) is 27.1. The first-order valence-electron chi connectivity index (χ1n) is 6.88. The number of benzene rings is 2. The standard InChI is InChI=1S/C16H11F2N5O/c17-15-12(3-6-14(24)16(15)18)8-23(22-9-20-21-10-22)13-4-1-11(7-19)2-5-13/h1-6,9-10,24H,8H2. The van der Waals surface area contributed by atoms with Crippen molar-refractivity contribution in [3.8, 4) is 11.8 Å². The van der Waals surface area contributed by atoms with E-state index >= 15 is 0 Å². The molecule has 0 radical (unpaired) electrons. The largest absolute Gasteiger partial charge is 0.505 e. The molecule has 0 saturated heterocycles. The van der Waals surface area contributed by atoms with Crippen molar-refractivity contribution in [2.75, 3.05) is 5.01 Å². The number of rotatable bonds is 4. The van der Waals surface area contributed by atoms with Gasteiger partial charge in [-0.2, -0.15) is 9.65 Å². The predicted octanol–water partition coefficient (Wildman–Crippen LogP) is 2.60. The Labute approximate surface area is 135 Å². The fraction of sp³-hybridized carbons (Fsp3) is 0.0625. The smallest absolute Gasteiger partial charge is 0.200 e. The zero-order valence-electron chi connectivity index (χ0n) is 12.3. The van der Waals surface area contributed by atoms with E-state index in [4.69, 9.17) is 5.26 Å². The predicted molar refractivity (Wildman–Crippen MR) is 80.8 cm³/mol. The molecule has 2 aromatic carbocycles. The van der Waals surface area contributed by atoms with Crippen LogP contribution in [0.2, 0.25) is 0 Å². The molecule has 0 spiro atoms. The van der Waals surface area contributed by atoms with Crippen molar-refractivity contribution in [1.29, 1.82) is 5.26 Å². The van der Waals surface area contributed by atoms with Crippen LogP contribution in [0.25, 0.3) is 0 Å². The van der Waals surface area contributed by atoms with E-state index in [0.29, 0.717) is 11.3 Å². The van der Waals surface area contributed by atoms with Crippen molar-refractivity contribution in [3.63, 3.8) is 0 Å². The Balaban J connectivity index is 2.00. The Morgan fingerprint density at radius 2 is 1.71 bits per heavy atom. The van der Waals surface area contributed by atoms with Crippen LogP contribution in [-0.4, -0.2) is 20.0 Å². The van der Waals surface area contributed by atoms with Crippen molar-refractivity contribution in [3.05, 3.63) is 71.8 Å². The Kier molecular flexibility index (Phi) is 4.07. The quantitative estimate of drug-likeness (QED) is 0.797. The van der Waals surface area contributed by atoms with Gasteiger partial charge in [-0.15, -0.1) is 10.2 Å². The molecule has 0 saturated carbocycles. The van der Waals surface area contributed by atoms with Crippen LogP contribution in [-0.2, 0) is 6.54 Å². The molecule has 0 atom stereocenters. The highest BCUT2D eigenvalue weighted by atomic mass is 19.2. The second-order valence-electron chi connectivity index (χ2n) is 4.93. The van der Waals surface area contributed by atoms with Crippen LogP contribution in [0.4, 0.5) is 14.5 Å². The first-order chi connectivity index (χ1) is 11.6. The molecule has 6 nitrogen and oxygen atoms in total. The van der Waals surface area contributed by atoms with E-state index in [-0.39, 0.29) is 12.1 Å². The van der Waals surface area contributed by atoms with E-state index in [1.807, 2.05) is 6.07 Å². The molecule has 1 aromatic heterocycles. The maximum atomic E-state index is 14.1. The minimum atomic E-state index is -1.30. The van der Waals surface area contributed by atoms with Crippen LogP contribution < -0.4 is 5.01 Å². The Morgan fingerprint density at radius 1 is 1.04 bits per heavy atom. The molecular formula is C16H11F2N5O. The van der Waals surface area contributed by atoms with E-state index < -0.39 is 17.4 Å². The van der Waals surface area contributed by atoms with Gasteiger partial charge in [0.2, 0.25) is 5.82 Å². The van der Waals surface area contributed by atoms with Gasteiger partial charge in [0, 0.05) is 5.56 Å². The molecule has 0 amide bonds. The van der Waals surface area contributed by atoms with Gasteiger partial charge in [0.1, 0.15) is 12.7 Å². The number of halogens is 2. The zero-order chi connectivity index (χ0) is 17.1.